The normalized spacial score (nSPS) is 16.6. The fourth-order valence-corrected chi connectivity index (χ4v) is 4.61. The first-order valence-electron chi connectivity index (χ1n) is 11.4. The van der Waals surface area contributed by atoms with E-state index in [1.54, 1.807) is 6.07 Å². The first kappa shape index (κ1) is 23.7. The van der Waals surface area contributed by atoms with Crippen LogP contribution in [0.1, 0.15) is 74.1 Å². The number of pyridine rings is 1. The summed E-state index contributed by atoms with van der Waals surface area (Å²) in [6.07, 6.45) is 5.32. The molecule has 4 N–H and O–H groups in total. The number of nitrogen functional groups attached to an aromatic ring is 1. The van der Waals surface area contributed by atoms with Crippen LogP contribution in [0.5, 0.6) is 0 Å². The molecule has 176 valence electrons. The summed E-state index contributed by atoms with van der Waals surface area (Å²) in [4.78, 5) is 26.3. The van der Waals surface area contributed by atoms with E-state index in [1.165, 1.54) is 6.33 Å². The zero-order valence-corrected chi connectivity index (χ0v) is 20.3. The predicted molar refractivity (Wildman–Crippen MR) is 133 cm³/mol. The highest BCUT2D eigenvalue weighted by Crippen LogP contribution is 2.35. The van der Waals surface area contributed by atoms with E-state index in [1.807, 2.05) is 31.2 Å². The van der Waals surface area contributed by atoms with E-state index in [0.717, 1.165) is 31.1 Å². The number of rotatable bonds is 5. The van der Waals surface area contributed by atoms with Crippen LogP contribution in [-0.4, -0.2) is 26.9 Å². The molecule has 0 radical (unpaired) electrons. The van der Waals surface area contributed by atoms with Crippen LogP contribution in [0.3, 0.4) is 0 Å². The first-order chi connectivity index (χ1) is 16.2. The quantitative estimate of drug-likeness (QED) is 0.471. The Bertz CT molecular complexity index is 1270. The largest absolute Gasteiger partial charge is 0.382 e. The van der Waals surface area contributed by atoms with Gasteiger partial charge >= 0.3 is 0 Å². The van der Waals surface area contributed by atoms with Gasteiger partial charge in [0.25, 0.3) is 5.91 Å². The van der Waals surface area contributed by atoms with Gasteiger partial charge in [-0.2, -0.15) is 5.26 Å². The molecule has 2 aromatic heterocycles. The highest BCUT2D eigenvalue weighted by Gasteiger charge is 2.29. The van der Waals surface area contributed by atoms with Gasteiger partial charge in [0.1, 0.15) is 29.6 Å². The predicted octanol–water partition coefficient (Wildman–Crippen LogP) is 5.00. The summed E-state index contributed by atoms with van der Waals surface area (Å²) in [5.74, 6) is 0.190. The van der Waals surface area contributed by atoms with E-state index in [9.17, 15) is 10.1 Å². The molecule has 2 heterocycles. The number of nitrogens with one attached hydrogen (secondary N) is 2. The minimum Gasteiger partial charge on any atom is -0.382 e. The molecule has 1 saturated carbocycles. The fraction of sp³-hybridized carbons (Fsp3) is 0.400. The van der Waals surface area contributed by atoms with E-state index in [4.69, 9.17) is 22.3 Å². The molecule has 1 fully saturated rings. The topological polar surface area (TPSA) is 130 Å². The zero-order valence-electron chi connectivity index (χ0n) is 19.5. The minimum atomic E-state index is -0.465. The Labute approximate surface area is 203 Å². The molecule has 1 aliphatic carbocycles. The number of carbonyl (C=O) groups is 1. The van der Waals surface area contributed by atoms with Crippen LogP contribution in [0.15, 0.2) is 30.6 Å². The van der Waals surface area contributed by atoms with Crippen molar-refractivity contribution in [1.29, 1.82) is 5.26 Å². The lowest BCUT2D eigenvalue weighted by Crippen LogP contribution is -2.39. The standard InChI is InChI=1S/C25H28ClN7O/c1-14(31-23-18(12-27)22(28)29-13-30-23)20-17(11-15-5-4-6-19(26)21(15)33-20)24(34)32-16-7-9-25(2,3)10-8-16/h4-6,11,13-14,16H,7-10H2,1-3H3,(H,32,34)(H3,28,29,30,31). The summed E-state index contributed by atoms with van der Waals surface area (Å²) in [6.45, 7) is 6.39. The van der Waals surface area contributed by atoms with E-state index in [-0.39, 0.29) is 29.1 Å². The van der Waals surface area contributed by atoms with Crippen molar-refractivity contribution in [3.63, 3.8) is 0 Å². The van der Waals surface area contributed by atoms with Crippen LogP contribution < -0.4 is 16.4 Å². The third-order valence-electron chi connectivity index (χ3n) is 6.50. The number of nitrogens with zero attached hydrogens (tertiary/aromatic N) is 4. The summed E-state index contributed by atoms with van der Waals surface area (Å²) in [6, 6.07) is 8.99. The second-order valence-electron chi connectivity index (χ2n) is 9.61. The molecule has 1 aliphatic rings. The molecule has 0 aliphatic heterocycles. The zero-order chi connectivity index (χ0) is 24.5. The lowest BCUT2D eigenvalue weighted by atomic mass is 9.75. The number of anilines is 2. The second-order valence-corrected chi connectivity index (χ2v) is 10.0. The van der Waals surface area contributed by atoms with Crippen LogP contribution in [0.4, 0.5) is 11.6 Å². The van der Waals surface area contributed by atoms with Crippen molar-refractivity contribution in [2.75, 3.05) is 11.1 Å². The van der Waals surface area contributed by atoms with E-state index in [2.05, 4.69) is 34.4 Å². The molecule has 4 rings (SSSR count). The van der Waals surface area contributed by atoms with E-state index in [0.29, 0.717) is 27.2 Å². The van der Waals surface area contributed by atoms with Crippen molar-refractivity contribution >= 4 is 40.0 Å². The summed E-state index contributed by atoms with van der Waals surface area (Å²) < 4.78 is 0. The van der Waals surface area contributed by atoms with Crippen molar-refractivity contribution in [1.82, 2.24) is 20.3 Å². The fourth-order valence-electron chi connectivity index (χ4n) is 4.39. The Morgan fingerprint density at radius 1 is 1.29 bits per heavy atom. The van der Waals surface area contributed by atoms with Crippen LogP contribution >= 0.6 is 11.6 Å². The van der Waals surface area contributed by atoms with Gasteiger partial charge in [0.05, 0.1) is 27.8 Å². The minimum absolute atomic E-state index is 0.0832. The second kappa shape index (κ2) is 9.43. The molecular formula is C25H28ClN7O. The summed E-state index contributed by atoms with van der Waals surface area (Å²) in [5, 5.41) is 17.1. The molecule has 9 heteroatoms. The SMILES string of the molecule is CC(Nc1ncnc(N)c1C#N)c1nc2c(Cl)cccc2cc1C(=O)NC1CCC(C)(C)CC1. The maximum Gasteiger partial charge on any atom is 0.253 e. The van der Waals surface area contributed by atoms with Gasteiger partial charge in [0, 0.05) is 11.4 Å². The van der Waals surface area contributed by atoms with Crippen LogP contribution in [0, 0.1) is 16.7 Å². The summed E-state index contributed by atoms with van der Waals surface area (Å²) in [5.41, 5.74) is 7.85. The van der Waals surface area contributed by atoms with Gasteiger partial charge < -0.3 is 16.4 Å². The average Bonchev–Trinajstić information content (AvgIpc) is 2.80. The number of nitrogens with two attached hydrogens (primary N) is 1. The first-order valence-corrected chi connectivity index (χ1v) is 11.7. The number of nitriles is 1. The monoisotopic (exact) mass is 477 g/mol. The molecule has 1 atom stereocenters. The van der Waals surface area contributed by atoms with Crippen molar-refractivity contribution in [3.8, 4) is 6.07 Å². The Kier molecular flexibility index (Phi) is 6.58. The highest BCUT2D eigenvalue weighted by atomic mass is 35.5. The number of carbonyl (C=O) groups excluding carboxylic acids is 1. The average molecular weight is 478 g/mol. The molecule has 0 saturated heterocycles. The third-order valence-corrected chi connectivity index (χ3v) is 6.80. The van der Waals surface area contributed by atoms with Crippen molar-refractivity contribution in [2.45, 2.75) is 58.5 Å². The lowest BCUT2D eigenvalue weighted by molar-refractivity contribution is 0.0907. The van der Waals surface area contributed by atoms with Gasteiger partial charge in [-0.05, 0) is 50.2 Å². The van der Waals surface area contributed by atoms with Crippen molar-refractivity contribution < 1.29 is 4.79 Å². The maximum absolute atomic E-state index is 13.4. The molecule has 8 nitrogen and oxygen atoms in total. The van der Waals surface area contributed by atoms with Gasteiger partial charge in [-0.15, -0.1) is 0 Å². The van der Waals surface area contributed by atoms with Crippen molar-refractivity contribution in [3.05, 3.63) is 52.4 Å². The van der Waals surface area contributed by atoms with E-state index < -0.39 is 6.04 Å². The molecule has 1 amide bonds. The summed E-state index contributed by atoms with van der Waals surface area (Å²) in [7, 11) is 0. The Balaban J connectivity index is 1.69. The maximum atomic E-state index is 13.4. The smallest absolute Gasteiger partial charge is 0.253 e. The van der Waals surface area contributed by atoms with Crippen LogP contribution in [-0.2, 0) is 0 Å². The molecule has 1 aromatic carbocycles. The van der Waals surface area contributed by atoms with Gasteiger partial charge in [-0.25, -0.2) is 15.0 Å². The molecular weight excluding hydrogens is 450 g/mol. The molecule has 0 bridgehead atoms. The van der Waals surface area contributed by atoms with Crippen molar-refractivity contribution in [2.24, 2.45) is 5.41 Å². The van der Waals surface area contributed by atoms with E-state index >= 15 is 0 Å². The van der Waals surface area contributed by atoms with Gasteiger partial charge in [0.2, 0.25) is 0 Å². The highest BCUT2D eigenvalue weighted by molar-refractivity contribution is 6.35. The molecule has 34 heavy (non-hydrogen) atoms. The Morgan fingerprint density at radius 2 is 2.03 bits per heavy atom. The number of aromatic nitrogens is 3. The number of fused-ring (bicyclic) bond motifs is 1. The Morgan fingerprint density at radius 3 is 2.74 bits per heavy atom. The van der Waals surface area contributed by atoms with Gasteiger partial charge in [-0.3, -0.25) is 4.79 Å². The number of benzene rings is 1. The molecule has 3 aromatic rings. The van der Waals surface area contributed by atoms with Gasteiger partial charge in [-0.1, -0.05) is 37.6 Å². The Hall–Kier alpha value is -3.44. The lowest BCUT2D eigenvalue weighted by Gasteiger charge is -2.34. The third kappa shape index (κ3) is 4.90. The number of hydrogen-bond acceptors (Lipinski definition) is 7. The number of amides is 1. The van der Waals surface area contributed by atoms with Gasteiger partial charge in [0.15, 0.2) is 0 Å². The van der Waals surface area contributed by atoms with Crippen LogP contribution in [0.2, 0.25) is 5.02 Å². The number of halogens is 1. The number of para-hydroxylation sites is 1. The number of hydrogen-bond donors (Lipinski definition) is 3. The molecule has 0 spiro atoms. The van der Waals surface area contributed by atoms with Crippen LogP contribution in [0.25, 0.3) is 10.9 Å². The summed E-state index contributed by atoms with van der Waals surface area (Å²) >= 11 is 6.41. The molecule has 1 unspecified atom stereocenters.